The number of benzene rings is 1. The zero-order valence-electron chi connectivity index (χ0n) is 14.1. The van der Waals surface area contributed by atoms with E-state index in [1.165, 1.54) is 11.1 Å². The molecule has 0 bridgehead atoms. The van der Waals surface area contributed by atoms with Crippen molar-refractivity contribution in [2.75, 3.05) is 24.6 Å². The highest BCUT2D eigenvalue weighted by Crippen LogP contribution is 2.33. The fraction of sp³-hybridized carbons (Fsp3) is 0.471. The molecule has 0 unspecified atom stereocenters. The Morgan fingerprint density at radius 2 is 1.92 bits per heavy atom. The lowest BCUT2D eigenvalue weighted by Crippen LogP contribution is -2.44. The molecule has 8 heteroatoms. The number of fused-ring (bicyclic) bond motifs is 1. The third-order valence-electron chi connectivity index (χ3n) is 4.44. The lowest BCUT2D eigenvalue weighted by atomic mass is 10.2. The third-order valence-corrected chi connectivity index (χ3v) is 6.13. The van der Waals surface area contributed by atoms with Crippen LogP contribution in [0.15, 0.2) is 28.2 Å². The standard InChI is InChI=1S/C17H20N4O3S/c1-13-6-7-15-14(12-13)21(11-8-18)19-16(25(15,23)24)17(22)20-9-4-2-3-5-10-20/h6-7,12H,2-5,9-11H2,1H3. The Kier molecular flexibility index (Phi) is 4.77. The molecule has 0 saturated carbocycles. The fourth-order valence-electron chi connectivity index (χ4n) is 3.13. The van der Waals surface area contributed by atoms with Crippen LogP contribution in [0, 0.1) is 18.3 Å². The van der Waals surface area contributed by atoms with E-state index in [0.29, 0.717) is 18.8 Å². The second-order valence-electron chi connectivity index (χ2n) is 6.30. The maximum Gasteiger partial charge on any atom is 0.286 e. The summed E-state index contributed by atoms with van der Waals surface area (Å²) in [6.07, 6.45) is 3.78. The van der Waals surface area contributed by atoms with Crippen LogP contribution < -0.4 is 5.01 Å². The van der Waals surface area contributed by atoms with Gasteiger partial charge in [0.2, 0.25) is 14.9 Å². The maximum atomic E-state index is 12.9. The number of hydrazone groups is 1. The predicted molar refractivity (Wildman–Crippen MR) is 93.8 cm³/mol. The number of amides is 1. The van der Waals surface area contributed by atoms with Crippen LogP contribution in [0.2, 0.25) is 0 Å². The molecule has 0 N–H and O–H groups in total. The van der Waals surface area contributed by atoms with Crippen LogP contribution in [0.4, 0.5) is 5.69 Å². The number of likely N-dealkylation sites (tertiary alicyclic amines) is 1. The van der Waals surface area contributed by atoms with Crippen LogP contribution in [-0.4, -0.2) is 43.9 Å². The van der Waals surface area contributed by atoms with Gasteiger partial charge in [0, 0.05) is 13.1 Å². The molecule has 1 fully saturated rings. The third kappa shape index (κ3) is 3.24. The summed E-state index contributed by atoms with van der Waals surface area (Å²) < 4.78 is 25.9. The first-order valence-corrected chi connectivity index (χ1v) is 9.81. The van der Waals surface area contributed by atoms with Crippen molar-refractivity contribution < 1.29 is 13.2 Å². The van der Waals surface area contributed by atoms with Crippen molar-refractivity contribution in [3.05, 3.63) is 23.8 Å². The normalized spacial score (nSPS) is 19.4. The summed E-state index contributed by atoms with van der Waals surface area (Å²) in [5.74, 6) is -0.573. The van der Waals surface area contributed by atoms with Crippen molar-refractivity contribution in [3.8, 4) is 6.07 Å². The van der Waals surface area contributed by atoms with Crippen LogP contribution in [0.3, 0.4) is 0 Å². The van der Waals surface area contributed by atoms with Gasteiger partial charge in [-0.1, -0.05) is 18.9 Å². The van der Waals surface area contributed by atoms with Crippen LogP contribution in [-0.2, 0) is 14.6 Å². The number of aryl methyl sites for hydroxylation is 1. The van der Waals surface area contributed by atoms with E-state index in [-0.39, 0.29) is 11.4 Å². The lowest BCUT2D eigenvalue weighted by Gasteiger charge is -2.28. The highest BCUT2D eigenvalue weighted by Gasteiger charge is 2.39. The Bertz CT molecular complexity index is 862. The largest absolute Gasteiger partial charge is 0.337 e. The summed E-state index contributed by atoms with van der Waals surface area (Å²) in [5, 5.41) is 13.9. The van der Waals surface area contributed by atoms with Gasteiger partial charge in [0.25, 0.3) is 5.91 Å². The molecule has 2 heterocycles. The van der Waals surface area contributed by atoms with Crippen LogP contribution in [0.25, 0.3) is 0 Å². The molecule has 0 atom stereocenters. The van der Waals surface area contributed by atoms with Crippen molar-refractivity contribution in [1.29, 1.82) is 5.26 Å². The number of hydrogen-bond acceptors (Lipinski definition) is 6. The molecular weight excluding hydrogens is 340 g/mol. The molecule has 0 radical (unpaired) electrons. The quantitative estimate of drug-likeness (QED) is 0.750. The average molecular weight is 360 g/mol. The van der Waals surface area contributed by atoms with Crippen LogP contribution >= 0.6 is 0 Å². The van der Waals surface area contributed by atoms with E-state index in [4.69, 9.17) is 5.26 Å². The summed E-state index contributed by atoms with van der Waals surface area (Å²) in [4.78, 5) is 14.4. The molecule has 0 aliphatic carbocycles. The van der Waals surface area contributed by atoms with Gasteiger partial charge in [0.05, 0.1) is 16.7 Å². The maximum absolute atomic E-state index is 12.9. The van der Waals surface area contributed by atoms with Gasteiger partial charge in [-0.2, -0.15) is 10.4 Å². The highest BCUT2D eigenvalue weighted by molar-refractivity contribution is 8.08. The van der Waals surface area contributed by atoms with E-state index in [2.05, 4.69) is 5.10 Å². The first kappa shape index (κ1) is 17.4. The minimum atomic E-state index is -4.00. The van der Waals surface area contributed by atoms with E-state index < -0.39 is 20.8 Å². The average Bonchev–Trinajstić information content (AvgIpc) is 2.86. The number of hydrogen-bond donors (Lipinski definition) is 0. The molecule has 7 nitrogen and oxygen atoms in total. The molecule has 25 heavy (non-hydrogen) atoms. The topological polar surface area (TPSA) is 93.8 Å². The zero-order valence-corrected chi connectivity index (χ0v) is 14.9. The van der Waals surface area contributed by atoms with Crippen molar-refractivity contribution in [1.82, 2.24) is 4.90 Å². The first-order chi connectivity index (χ1) is 11.9. The van der Waals surface area contributed by atoms with Crippen molar-refractivity contribution in [2.45, 2.75) is 37.5 Å². The second kappa shape index (κ2) is 6.84. The SMILES string of the molecule is Cc1ccc2c(c1)N(CC#N)N=C(C(=O)N1CCCCCC1)S2(=O)=O. The van der Waals surface area contributed by atoms with Crippen LogP contribution in [0.1, 0.15) is 31.2 Å². The molecule has 0 aromatic heterocycles. The number of carbonyl (C=O) groups excluding carboxylic acids is 1. The Morgan fingerprint density at radius 3 is 2.56 bits per heavy atom. The molecule has 1 aromatic carbocycles. The number of anilines is 1. The van der Waals surface area contributed by atoms with Gasteiger partial charge in [-0.15, -0.1) is 0 Å². The van der Waals surface area contributed by atoms with Crippen molar-refractivity contribution in [2.24, 2.45) is 5.10 Å². The van der Waals surface area contributed by atoms with Gasteiger partial charge in [0.15, 0.2) is 0 Å². The highest BCUT2D eigenvalue weighted by atomic mass is 32.2. The number of carbonyl (C=O) groups is 1. The molecule has 2 aliphatic rings. The molecule has 0 spiro atoms. The van der Waals surface area contributed by atoms with Gasteiger partial charge in [-0.05, 0) is 37.5 Å². The Morgan fingerprint density at radius 1 is 1.24 bits per heavy atom. The van der Waals surface area contributed by atoms with E-state index >= 15 is 0 Å². The minimum absolute atomic E-state index is 0.0292. The Balaban J connectivity index is 2.05. The predicted octanol–water partition coefficient (Wildman–Crippen LogP) is 1.83. The molecule has 2 aliphatic heterocycles. The summed E-state index contributed by atoms with van der Waals surface area (Å²) in [5.41, 5.74) is 1.20. The Labute approximate surface area is 147 Å². The van der Waals surface area contributed by atoms with Crippen molar-refractivity contribution >= 4 is 26.5 Å². The smallest absolute Gasteiger partial charge is 0.286 e. The summed E-state index contributed by atoms with van der Waals surface area (Å²) in [6, 6.07) is 6.80. The molecule has 1 saturated heterocycles. The Hall–Kier alpha value is -2.40. The number of rotatable bonds is 2. The van der Waals surface area contributed by atoms with E-state index in [1.807, 2.05) is 13.0 Å². The monoisotopic (exact) mass is 360 g/mol. The first-order valence-electron chi connectivity index (χ1n) is 8.33. The lowest BCUT2D eigenvalue weighted by molar-refractivity contribution is -0.123. The van der Waals surface area contributed by atoms with Gasteiger partial charge in [0.1, 0.15) is 6.54 Å². The molecule has 1 aromatic rings. The fourth-order valence-corrected chi connectivity index (χ4v) is 4.59. The second-order valence-corrected chi connectivity index (χ2v) is 8.14. The summed E-state index contributed by atoms with van der Waals surface area (Å²) in [7, 11) is -4.00. The minimum Gasteiger partial charge on any atom is -0.337 e. The summed E-state index contributed by atoms with van der Waals surface area (Å²) in [6.45, 7) is 2.78. The van der Waals surface area contributed by atoms with E-state index in [0.717, 1.165) is 31.2 Å². The number of sulfone groups is 1. The number of nitrogens with zero attached hydrogens (tertiary/aromatic N) is 4. The number of nitriles is 1. The van der Waals surface area contributed by atoms with Gasteiger partial charge >= 0.3 is 0 Å². The van der Waals surface area contributed by atoms with Gasteiger partial charge in [-0.3, -0.25) is 4.79 Å². The molecule has 132 valence electrons. The van der Waals surface area contributed by atoms with E-state index in [9.17, 15) is 13.2 Å². The van der Waals surface area contributed by atoms with E-state index in [1.54, 1.807) is 17.0 Å². The van der Waals surface area contributed by atoms with Crippen molar-refractivity contribution in [3.63, 3.8) is 0 Å². The molecule has 1 amide bonds. The zero-order chi connectivity index (χ0) is 18.0. The molecule has 3 rings (SSSR count). The van der Waals surface area contributed by atoms with Crippen LogP contribution in [0.5, 0.6) is 0 Å². The van der Waals surface area contributed by atoms with Gasteiger partial charge < -0.3 is 4.90 Å². The van der Waals surface area contributed by atoms with Gasteiger partial charge in [-0.25, -0.2) is 13.4 Å². The molecular formula is C17H20N4O3S. The summed E-state index contributed by atoms with van der Waals surface area (Å²) >= 11 is 0.